The quantitative estimate of drug-likeness (QED) is 0.771. The summed E-state index contributed by atoms with van der Waals surface area (Å²) in [5.74, 6) is 0.601. The van der Waals surface area contributed by atoms with Gasteiger partial charge in [-0.3, -0.25) is 0 Å². The van der Waals surface area contributed by atoms with Crippen molar-refractivity contribution in [3.05, 3.63) is 34.9 Å². The van der Waals surface area contributed by atoms with Crippen LogP contribution in [-0.2, 0) is 11.2 Å². The van der Waals surface area contributed by atoms with Crippen molar-refractivity contribution in [2.24, 2.45) is 5.92 Å². The maximum atomic E-state index is 11.8. The Kier molecular flexibility index (Phi) is 4.86. The zero-order valence-corrected chi connectivity index (χ0v) is 13.1. The second kappa shape index (κ2) is 6.86. The van der Waals surface area contributed by atoms with E-state index in [2.05, 4.69) is 10.6 Å². The fourth-order valence-corrected chi connectivity index (χ4v) is 2.84. The molecule has 1 amide bonds. The first-order chi connectivity index (χ1) is 10.6. The Balaban J connectivity index is 1.55. The molecule has 3 N–H and O–H groups in total. The summed E-state index contributed by atoms with van der Waals surface area (Å²) in [6.07, 6.45) is 1.37. The molecule has 3 atom stereocenters. The molecule has 120 valence electrons. The smallest absolute Gasteiger partial charge is 0.407 e. The first-order valence-electron chi connectivity index (χ1n) is 7.72. The maximum absolute atomic E-state index is 11.8. The molecule has 0 bridgehead atoms. The van der Waals surface area contributed by atoms with Gasteiger partial charge in [0.2, 0.25) is 0 Å². The van der Waals surface area contributed by atoms with Gasteiger partial charge in [-0.1, -0.05) is 23.7 Å². The lowest BCUT2D eigenvalue weighted by atomic mass is 10.0. The molecule has 22 heavy (non-hydrogen) atoms. The summed E-state index contributed by atoms with van der Waals surface area (Å²) < 4.78 is 5.42. The highest BCUT2D eigenvalue weighted by Gasteiger charge is 2.38. The van der Waals surface area contributed by atoms with Gasteiger partial charge in [0, 0.05) is 18.1 Å². The molecule has 1 aromatic carbocycles. The van der Waals surface area contributed by atoms with Gasteiger partial charge >= 0.3 is 6.09 Å². The third kappa shape index (κ3) is 4.12. The number of hydrogen-bond acceptors (Lipinski definition) is 4. The van der Waals surface area contributed by atoms with Gasteiger partial charge in [0.25, 0.3) is 0 Å². The molecular formula is C16H21ClN2O3. The van der Waals surface area contributed by atoms with Crippen LogP contribution in [0.1, 0.15) is 18.4 Å². The van der Waals surface area contributed by atoms with Crippen LogP contribution < -0.4 is 10.6 Å². The lowest BCUT2D eigenvalue weighted by molar-refractivity contribution is 0.0189. The highest BCUT2D eigenvalue weighted by atomic mass is 35.5. The number of rotatable bonds is 5. The number of amides is 1. The van der Waals surface area contributed by atoms with Crippen LogP contribution in [0.2, 0.25) is 5.02 Å². The number of alkyl carbamates (subject to hydrolysis) is 1. The normalized spacial score (nSPS) is 27.6. The molecule has 5 nitrogen and oxygen atoms in total. The molecule has 0 spiro atoms. The van der Waals surface area contributed by atoms with Crippen molar-refractivity contribution in [3.63, 3.8) is 0 Å². The van der Waals surface area contributed by atoms with E-state index >= 15 is 0 Å². The van der Waals surface area contributed by atoms with Gasteiger partial charge in [0.1, 0.15) is 12.2 Å². The summed E-state index contributed by atoms with van der Waals surface area (Å²) in [6, 6.07) is 7.46. The van der Waals surface area contributed by atoms with Gasteiger partial charge in [-0.15, -0.1) is 0 Å². The molecule has 2 fully saturated rings. The molecule has 6 heteroatoms. The van der Waals surface area contributed by atoms with Crippen LogP contribution in [0.3, 0.4) is 0 Å². The first kappa shape index (κ1) is 15.6. The van der Waals surface area contributed by atoms with Gasteiger partial charge < -0.3 is 20.5 Å². The molecule has 1 heterocycles. The van der Waals surface area contributed by atoms with Crippen molar-refractivity contribution in [2.45, 2.75) is 37.5 Å². The van der Waals surface area contributed by atoms with Gasteiger partial charge in [-0.25, -0.2) is 4.79 Å². The van der Waals surface area contributed by atoms with Crippen molar-refractivity contribution in [2.75, 3.05) is 13.1 Å². The van der Waals surface area contributed by atoms with E-state index in [1.165, 1.54) is 12.8 Å². The molecule has 0 unspecified atom stereocenters. The monoisotopic (exact) mass is 324 g/mol. The molecule has 2 aliphatic rings. The third-order valence-electron chi connectivity index (χ3n) is 4.21. The van der Waals surface area contributed by atoms with Crippen LogP contribution >= 0.6 is 11.6 Å². The zero-order chi connectivity index (χ0) is 15.5. The second-order valence-electron chi connectivity index (χ2n) is 6.11. The number of aliphatic hydroxyl groups is 1. The Hall–Kier alpha value is -1.30. The van der Waals surface area contributed by atoms with Gasteiger partial charge in [0.05, 0.1) is 6.04 Å². The predicted octanol–water partition coefficient (Wildman–Crippen LogP) is 1.72. The number of hydrogen-bond donors (Lipinski definition) is 3. The standard InChI is InChI=1S/C16H21ClN2O3/c17-12-5-3-10(4-6-12)7-13-15(14(20)9-18-13)22-16(21)19-8-11-1-2-11/h3-6,11,13-15,18,20H,1-2,7-9H2,(H,19,21)/t13-,14+,15+/m1/s1. The van der Waals surface area contributed by atoms with Crippen LogP contribution in [0, 0.1) is 5.92 Å². The van der Waals surface area contributed by atoms with Crippen LogP contribution in [0.4, 0.5) is 4.79 Å². The van der Waals surface area contributed by atoms with E-state index in [1.54, 1.807) is 0 Å². The fourth-order valence-electron chi connectivity index (χ4n) is 2.71. The van der Waals surface area contributed by atoms with Gasteiger partial charge in [-0.2, -0.15) is 0 Å². The summed E-state index contributed by atoms with van der Waals surface area (Å²) >= 11 is 5.88. The number of carbonyl (C=O) groups excluding carboxylic acids is 1. The maximum Gasteiger partial charge on any atom is 0.407 e. The molecule has 1 aliphatic carbocycles. The molecule has 3 rings (SSSR count). The lowest BCUT2D eigenvalue weighted by Gasteiger charge is -2.22. The number of aliphatic hydroxyl groups excluding tert-OH is 1. The summed E-state index contributed by atoms with van der Waals surface area (Å²) in [6.45, 7) is 1.09. The minimum Gasteiger partial charge on any atom is -0.442 e. The minimum absolute atomic E-state index is 0.0946. The Morgan fingerprint density at radius 2 is 2.09 bits per heavy atom. The van der Waals surface area contributed by atoms with Crippen LogP contribution in [0.5, 0.6) is 0 Å². The molecule has 1 aromatic rings. The molecule has 1 aliphatic heterocycles. The Morgan fingerprint density at radius 3 is 2.77 bits per heavy atom. The highest BCUT2D eigenvalue weighted by molar-refractivity contribution is 6.30. The second-order valence-corrected chi connectivity index (χ2v) is 6.54. The molecular weight excluding hydrogens is 304 g/mol. The molecule has 0 radical (unpaired) electrons. The number of halogens is 1. The number of nitrogens with one attached hydrogen (secondary N) is 2. The van der Waals surface area contributed by atoms with E-state index in [4.69, 9.17) is 16.3 Å². The number of carbonyl (C=O) groups is 1. The summed E-state index contributed by atoms with van der Waals surface area (Å²) in [5.41, 5.74) is 1.09. The van der Waals surface area contributed by atoms with Crippen LogP contribution in [0.25, 0.3) is 0 Å². The van der Waals surface area contributed by atoms with E-state index < -0.39 is 18.3 Å². The van der Waals surface area contributed by atoms with Gasteiger partial charge in [-0.05, 0) is 42.9 Å². The Labute approximate surface area is 135 Å². The van der Waals surface area contributed by atoms with Crippen molar-refractivity contribution in [1.82, 2.24) is 10.6 Å². The van der Waals surface area contributed by atoms with E-state index in [0.29, 0.717) is 30.5 Å². The summed E-state index contributed by atoms with van der Waals surface area (Å²) in [4.78, 5) is 11.8. The summed E-state index contributed by atoms with van der Waals surface area (Å²) in [7, 11) is 0. The first-order valence-corrected chi connectivity index (χ1v) is 8.10. The average molecular weight is 325 g/mol. The van der Waals surface area contributed by atoms with Crippen molar-refractivity contribution < 1.29 is 14.6 Å². The lowest BCUT2D eigenvalue weighted by Crippen LogP contribution is -2.41. The Morgan fingerprint density at radius 1 is 1.36 bits per heavy atom. The number of β-amino-alcohol motifs (C(OH)–C–C–N with tert-alkyl or cyclic N) is 1. The summed E-state index contributed by atoms with van der Waals surface area (Å²) in [5, 5.41) is 16.7. The third-order valence-corrected chi connectivity index (χ3v) is 4.46. The van der Waals surface area contributed by atoms with E-state index in [1.807, 2.05) is 24.3 Å². The molecule has 1 saturated carbocycles. The predicted molar refractivity (Wildman–Crippen MR) is 83.9 cm³/mol. The molecule has 1 saturated heterocycles. The van der Waals surface area contributed by atoms with E-state index in [0.717, 1.165) is 5.56 Å². The average Bonchev–Trinajstić information content (AvgIpc) is 3.28. The number of ether oxygens (including phenoxy) is 1. The van der Waals surface area contributed by atoms with E-state index in [-0.39, 0.29) is 6.04 Å². The van der Waals surface area contributed by atoms with Crippen molar-refractivity contribution >= 4 is 17.7 Å². The topological polar surface area (TPSA) is 70.6 Å². The highest BCUT2D eigenvalue weighted by Crippen LogP contribution is 2.27. The fraction of sp³-hybridized carbons (Fsp3) is 0.562. The van der Waals surface area contributed by atoms with Crippen molar-refractivity contribution in [3.8, 4) is 0 Å². The zero-order valence-electron chi connectivity index (χ0n) is 12.3. The largest absolute Gasteiger partial charge is 0.442 e. The van der Waals surface area contributed by atoms with E-state index in [9.17, 15) is 9.90 Å². The molecule has 0 aromatic heterocycles. The Bertz CT molecular complexity index is 519. The van der Waals surface area contributed by atoms with Crippen LogP contribution in [0.15, 0.2) is 24.3 Å². The SMILES string of the molecule is O=C(NCC1CC1)O[C@@H]1[C@@H](O)CN[C@@H]1Cc1ccc(Cl)cc1. The van der Waals surface area contributed by atoms with Gasteiger partial charge in [0.15, 0.2) is 0 Å². The van der Waals surface area contributed by atoms with Crippen molar-refractivity contribution in [1.29, 1.82) is 0 Å². The number of benzene rings is 1. The van der Waals surface area contributed by atoms with Crippen LogP contribution in [-0.4, -0.2) is 42.5 Å². The minimum atomic E-state index is -0.677.